The second-order valence-corrected chi connectivity index (χ2v) is 5.71. The van der Waals surface area contributed by atoms with Crippen LogP contribution in [0.2, 0.25) is 0 Å². The number of aromatic nitrogens is 1. The van der Waals surface area contributed by atoms with Crippen molar-refractivity contribution in [1.82, 2.24) is 4.57 Å². The Morgan fingerprint density at radius 1 is 1.19 bits per heavy atom. The Kier molecular flexibility index (Phi) is 4.75. The number of methoxy groups -OCH3 is 1. The third-order valence-corrected chi connectivity index (χ3v) is 4.02. The van der Waals surface area contributed by atoms with Gasteiger partial charge in [0.15, 0.2) is 5.75 Å². The van der Waals surface area contributed by atoms with Crippen LogP contribution in [0.4, 0.5) is 5.69 Å². The van der Waals surface area contributed by atoms with Gasteiger partial charge in [0.1, 0.15) is 0 Å². The third-order valence-electron chi connectivity index (χ3n) is 4.02. The Balaban J connectivity index is 1.91. The maximum absolute atomic E-state index is 12.1. The number of hydrogen-bond donors (Lipinski definition) is 2. The van der Waals surface area contributed by atoms with Crippen molar-refractivity contribution in [3.8, 4) is 11.5 Å². The van der Waals surface area contributed by atoms with Crippen LogP contribution in [-0.4, -0.2) is 22.7 Å². The molecule has 132 valence electrons. The van der Waals surface area contributed by atoms with Crippen molar-refractivity contribution >= 4 is 28.6 Å². The molecule has 1 heterocycles. The van der Waals surface area contributed by atoms with Gasteiger partial charge in [0.05, 0.1) is 12.6 Å². The molecule has 3 rings (SSSR count). The Morgan fingerprint density at radius 2 is 1.92 bits per heavy atom. The lowest BCUT2D eigenvalue weighted by Crippen LogP contribution is -2.17. The summed E-state index contributed by atoms with van der Waals surface area (Å²) in [4.78, 5) is 24.2. The van der Waals surface area contributed by atoms with E-state index in [0.717, 1.165) is 5.56 Å². The lowest BCUT2D eigenvalue weighted by atomic mass is 10.1. The molecule has 1 amide bonds. The smallest absolute Gasteiger partial charge is 0.296 e. The summed E-state index contributed by atoms with van der Waals surface area (Å²) in [5.74, 6) is -0.612. The number of pyridine rings is 1. The van der Waals surface area contributed by atoms with E-state index >= 15 is 0 Å². The van der Waals surface area contributed by atoms with Crippen LogP contribution in [0, 0.1) is 0 Å². The van der Waals surface area contributed by atoms with Crippen molar-refractivity contribution in [3.63, 3.8) is 0 Å². The van der Waals surface area contributed by atoms with Gasteiger partial charge in [-0.15, -0.1) is 0 Å². The Labute approximate surface area is 150 Å². The highest BCUT2D eigenvalue weighted by molar-refractivity contribution is 6.03. The third kappa shape index (κ3) is 3.30. The molecule has 0 radical (unpaired) electrons. The number of ether oxygens (including phenoxy) is 1. The van der Waals surface area contributed by atoms with E-state index in [1.807, 2.05) is 30.3 Å². The molecule has 26 heavy (non-hydrogen) atoms. The molecule has 0 unspecified atom stereocenters. The number of nitrogens with one attached hydrogen (secondary N) is 1. The standard InChI is InChI=1S/C20H18N2O4/c1-22-16-12-14(9-10-15(16)19(26-2)18(24)20(22)25)21-17(23)11-8-13-6-4-3-5-7-13/h3-12,24H,1-2H3,(H,21,23). The van der Waals surface area contributed by atoms with E-state index in [2.05, 4.69) is 5.32 Å². The summed E-state index contributed by atoms with van der Waals surface area (Å²) in [5.41, 5.74) is 1.42. The molecule has 0 aliphatic heterocycles. The summed E-state index contributed by atoms with van der Waals surface area (Å²) in [6, 6.07) is 14.5. The molecule has 0 saturated carbocycles. The molecule has 0 saturated heterocycles. The van der Waals surface area contributed by atoms with Crippen LogP contribution in [0.5, 0.6) is 11.5 Å². The molecule has 0 bridgehead atoms. The number of benzene rings is 2. The van der Waals surface area contributed by atoms with Gasteiger partial charge in [0.25, 0.3) is 5.56 Å². The summed E-state index contributed by atoms with van der Waals surface area (Å²) < 4.78 is 6.45. The number of aromatic hydroxyl groups is 1. The predicted molar refractivity (Wildman–Crippen MR) is 102 cm³/mol. The SMILES string of the molecule is COc1c(O)c(=O)n(C)c2cc(NC(=O)C=Cc3ccccc3)ccc12. The van der Waals surface area contributed by atoms with E-state index in [1.165, 1.54) is 17.8 Å². The van der Waals surface area contributed by atoms with Gasteiger partial charge in [-0.1, -0.05) is 30.3 Å². The monoisotopic (exact) mass is 350 g/mol. The first kappa shape index (κ1) is 17.3. The number of nitrogens with zero attached hydrogens (tertiary/aromatic N) is 1. The molecular weight excluding hydrogens is 332 g/mol. The van der Waals surface area contributed by atoms with Crippen LogP contribution >= 0.6 is 0 Å². The first-order chi connectivity index (χ1) is 12.5. The van der Waals surface area contributed by atoms with Crippen molar-refractivity contribution < 1.29 is 14.6 Å². The van der Waals surface area contributed by atoms with Gasteiger partial charge in [-0.3, -0.25) is 9.59 Å². The number of anilines is 1. The number of carbonyl (C=O) groups excluding carboxylic acids is 1. The van der Waals surface area contributed by atoms with Crippen molar-refractivity contribution in [2.24, 2.45) is 7.05 Å². The highest BCUT2D eigenvalue weighted by Crippen LogP contribution is 2.32. The molecule has 0 fully saturated rings. The van der Waals surface area contributed by atoms with Gasteiger partial charge in [0, 0.05) is 24.2 Å². The van der Waals surface area contributed by atoms with Crippen LogP contribution in [0.25, 0.3) is 17.0 Å². The second kappa shape index (κ2) is 7.14. The van der Waals surface area contributed by atoms with Crippen molar-refractivity contribution in [2.45, 2.75) is 0 Å². The second-order valence-electron chi connectivity index (χ2n) is 5.71. The zero-order valence-electron chi connectivity index (χ0n) is 14.4. The van der Waals surface area contributed by atoms with Gasteiger partial charge in [-0.05, 0) is 29.8 Å². The first-order valence-corrected chi connectivity index (χ1v) is 7.95. The van der Waals surface area contributed by atoms with E-state index in [0.29, 0.717) is 16.6 Å². The first-order valence-electron chi connectivity index (χ1n) is 7.95. The van der Waals surface area contributed by atoms with Gasteiger partial charge in [-0.2, -0.15) is 0 Å². The number of hydrogen-bond acceptors (Lipinski definition) is 4. The fourth-order valence-corrected chi connectivity index (χ4v) is 2.70. The topological polar surface area (TPSA) is 80.6 Å². The number of fused-ring (bicyclic) bond motifs is 1. The number of amides is 1. The van der Waals surface area contributed by atoms with E-state index in [-0.39, 0.29) is 11.7 Å². The zero-order chi connectivity index (χ0) is 18.7. The Morgan fingerprint density at radius 3 is 2.62 bits per heavy atom. The molecule has 0 aliphatic rings. The minimum Gasteiger partial charge on any atom is -0.500 e. The molecular formula is C20H18N2O4. The molecule has 2 aromatic carbocycles. The van der Waals surface area contributed by atoms with E-state index in [1.54, 1.807) is 31.3 Å². The average Bonchev–Trinajstić information content (AvgIpc) is 2.66. The highest BCUT2D eigenvalue weighted by atomic mass is 16.5. The van der Waals surface area contributed by atoms with Crippen molar-refractivity contribution in [3.05, 3.63) is 70.5 Å². The van der Waals surface area contributed by atoms with Gasteiger partial charge >= 0.3 is 0 Å². The summed E-state index contributed by atoms with van der Waals surface area (Å²) in [7, 11) is 2.93. The molecule has 3 aromatic rings. The van der Waals surface area contributed by atoms with E-state index < -0.39 is 11.3 Å². The van der Waals surface area contributed by atoms with Gasteiger partial charge < -0.3 is 19.7 Å². The minimum absolute atomic E-state index is 0.116. The molecule has 6 nitrogen and oxygen atoms in total. The normalized spacial score (nSPS) is 11.0. The fraction of sp³-hybridized carbons (Fsp3) is 0.100. The molecule has 1 aromatic heterocycles. The molecule has 0 aliphatic carbocycles. The van der Waals surface area contributed by atoms with Gasteiger partial charge in [-0.25, -0.2) is 0 Å². The average molecular weight is 350 g/mol. The number of aryl methyl sites for hydroxylation is 1. The summed E-state index contributed by atoms with van der Waals surface area (Å²) >= 11 is 0. The van der Waals surface area contributed by atoms with Gasteiger partial charge in [0.2, 0.25) is 11.7 Å². The van der Waals surface area contributed by atoms with Crippen molar-refractivity contribution in [1.29, 1.82) is 0 Å². The fourth-order valence-electron chi connectivity index (χ4n) is 2.70. The molecule has 2 N–H and O–H groups in total. The maximum Gasteiger partial charge on any atom is 0.296 e. The quantitative estimate of drug-likeness (QED) is 0.709. The van der Waals surface area contributed by atoms with E-state index in [9.17, 15) is 14.7 Å². The lowest BCUT2D eigenvalue weighted by Gasteiger charge is -2.12. The van der Waals surface area contributed by atoms with Crippen LogP contribution < -0.4 is 15.6 Å². The Hall–Kier alpha value is -3.54. The number of carbonyl (C=O) groups is 1. The maximum atomic E-state index is 12.1. The predicted octanol–water partition coefficient (Wildman–Crippen LogP) is 2.90. The van der Waals surface area contributed by atoms with Crippen LogP contribution in [0.15, 0.2) is 59.4 Å². The summed E-state index contributed by atoms with van der Waals surface area (Å²) in [6.45, 7) is 0. The van der Waals surface area contributed by atoms with Crippen molar-refractivity contribution in [2.75, 3.05) is 12.4 Å². The van der Waals surface area contributed by atoms with Crippen LogP contribution in [-0.2, 0) is 11.8 Å². The zero-order valence-corrected chi connectivity index (χ0v) is 14.4. The summed E-state index contributed by atoms with van der Waals surface area (Å²) in [6.07, 6.45) is 3.16. The molecule has 0 spiro atoms. The lowest BCUT2D eigenvalue weighted by molar-refractivity contribution is -0.111. The largest absolute Gasteiger partial charge is 0.500 e. The highest BCUT2D eigenvalue weighted by Gasteiger charge is 2.15. The van der Waals surface area contributed by atoms with E-state index in [4.69, 9.17) is 4.74 Å². The Bertz CT molecular complexity index is 1050. The molecule has 6 heteroatoms. The molecule has 0 atom stereocenters. The van der Waals surface area contributed by atoms with Crippen LogP contribution in [0.3, 0.4) is 0 Å². The van der Waals surface area contributed by atoms with Crippen LogP contribution in [0.1, 0.15) is 5.56 Å². The number of rotatable bonds is 4. The minimum atomic E-state index is -0.568. The summed E-state index contributed by atoms with van der Waals surface area (Å²) in [5, 5.41) is 13.3.